The van der Waals surface area contributed by atoms with E-state index in [9.17, 15) is 14.0 Å². The highest BCUT2D eigenvalue weighted by Crippen LogP contribution is 2.31. The number of aryl methyl sites for hydroxylation is 2. The van der Waals surface area contributed by atoms with Crippen LogP contribution in [0.3, 0.4) is 0 Å². The zero-order chi connectivity index (χ0) is 34.4. The van der Waals surface area contributed by atoms with Gasteiger partial charge in [-0.15, -0.1) is 0 Å². The molecular formula is C35H43Cl2FN4O4. The van der Waals surface area contributed by atoms with E-state index in [1.54, 1.807) is 7.05 Å². The minimum atomic E-state index is -0.838. The minimum absolute atomic E-state index is 0.0173. The first-order chi connectivity index (χ1) is 21.5. The van der Waals surface area contributed by atoms with Crippen LogP contribution in [0.5, 0.6) is 11.5 Å². The van der Waals surface area contributed by atoms with E-state index in [4.69, 9.17) is 32.7 Å². The van der Waals surface area contributed by atoms with Gasteiger partial charge in [0.1, 0.15) is 12.8 Å². The maximum absolute atomic E-state index is 13.4. The molecule has 0 aliphatic heterocycles. The minimum Gasteiger partial charge on any atom is -0.482 e. The van der Waals surface area contributed by atoms with Gasteiger partial charge < -0.3 is 9.47 Å². The molecule has 0 aliphatic carbocycles. The molecule has 0 N–H and O–H groups in total. The molecule has 248 valence electrons. The lowest BCUT2D eigenvalue weighted by molar-refractivity contribution is 0.165. The lowest BCUT2D eigenvalue weighted by Crippen LogP contribution is -2.21. The van der Waals surface area contributed by atoms with Crippen molar-refractivity contribution in [1.82, 2.24) is 19.6 Å². The second-order valence-corrected chi connectivity index (χ2v) is 13.8. The van der Waals surface area contributed by atoms with Crippen molar-refractivity contribution >= 4 is 23.2 Å². The highest BCUT2D eigenvalue weighted by Gasteiger charge is 2.20. The standard InChI is InChI=1S/C18H23ClN2O2.C17H20ClFN2O2/c1-6-14(12-7-9-13(10-8-12)18(2,3)4)23-15-11-20-21(5)17(22)16(15)19;1-17(2,3)12-7-5-11(6-8-12)13(9-19)23-14-10-20-21(4)16(22)15(14)18/h7-11,14H,6H2,1-5H3;5-8,10,13H,9H2,1-4H3/i;19-1. The fourth-order valence-electron chi connectivity index (χ4n) is 4.43. The molecule has 4 rings (SSSR count). The quantitative estimate of drug-likeness (QED) is 0.188. The Morgan fingerprint density at radius 3 is 1.37 bits per heavy atom. The highest BCUT2D eigenvalue weighted by molar-refractivity contribution is 6.32. The van der Waals surface area contributed by atoms with Crippen LogP contribution < -0.4 is 20.6 Å². The van der Waals surface area contributed by atoms with Crippen LogP contribution in [-0.4, -0.2) is 26.2 Å². The maximum Gasteiger partial charge on any atom is 0.289 e. The molecule has 0 saturated heterocycles. The summed E-state index contributed by atoms with van der Waals surface area (Å²) in [5.74, 6) is 0.402. The van der Waals surface area contributed by atoms with E-state index in [0.29, 0.717) is 11.3 Å². The van der Waals surface area contributed by atoms with Crippen molar-refractivity contribution in [2.75, 3.05) is 6.67 Å². The summed E-state index contributed by atoms with van der Waals surface area (Å²) in [5, 5.41) is 7.76. The molecule has 0 aliphatic rings. The highest BCUT2D eigenvalue weighted by atomic mass is 35.5. The lowest BCUT2D eigenvalue weighted by Gasteiger charge is -2.22. The van der Waals surface area contributed by atoms with Crippen LogP contribution in [0.2, 0.25) is 10.0 Å². The third-order valence-electron chi connectivity index (χ3n) is 7.44. The summed E-state index contributed by atoms with van der Waals surface area (Å²) in [4.78, 5) is 23.6. The molecule has 0 saturated carbocycles. The monoisotopic (exact) mass is 671 g/mol. The molecule has 2 aromatic carbocycles. The Bertz CT molecular complexity index is 1600. The van der Waals surface area contributed by atoms with E-state index in [0.717, 1.165) is 22.2 Å². The summed E-state index contributed by atoms with van der Waals surface area (Å²) in [5.41, 5.74) is 3.43. The van der Waals surface area contributed by atoms with Gasteiger partial charge in [0.2, 0.25) is 0 Å². The predicted octanol–water partition coefficient (Wildman–Crippen LogP) is 8.08. The second-order valence-electron chi connectivity index (χ2n) is 13.0. The molecular weight excluding hydrogens is 629 g/mol. The Labute approximate surface area is 280 Å². The number of benzene rings is 2. The lowest BCUT2D eigenvalue weighted by atomic mass is 9.86. The molecule has 0 amide bonds. The van der Waals surface area contributed by atoms with Crippen molar-refractivity contribution in [2.45, 2.75) is 77.9 Å². The number of rotatable bonds is 8. The summed E-state index contributed by atoms with van der Waals surface area (Å²) in [6.07, 6.45) is 2.55. The van der Waals surface area contributed by atoms with E-state index < -0.39 is 18.3 Å². The van der Waals surface area contributed by atoms with Gasteiger partial charge in [-0.25, -0.2) is 13.8 Å². The molecule has 0 radical (unpaired) electrons. The fraction of sp³-hybridized carbons (Fsp3) is 0.429. The van der Waals surface area contributed by atoms with E-state index in [2.05, 4.69) is 76.0 Å². The Morgan fingerprint density at radius 1 is 0.696 bits per heavy atom. The molecule has 0 bridgehead atoms. The van der Waals surface area contributed by atoms with Gasteiger partial charge in [-0.05, 0) is 39.5 Å². The van der Waals surface area contributed by atoms with E-state index >= 15 is 0 Å². The number of alkyl halides is 1. The van der Waals surface area contributed by atoms with Crippen molar-refractivity contribution in [3.63, 3.8) is 0 Å². The van der Waals surface area contributed by atoms with Crippen LogP contribution in [0.4, 0.5) is 4.39 Å². The molecule has 0 fully saturated rings. The van der Waals surface area contributed by atoms with Crippen LogP contribution in [0.15, 0.2) is 70.5 Å². The zero-order valence-electron chi connectivity index (χ0n) is 27.9. The van der Waals surface area contributed by atoms with Crippen LogP contribution >= 0.6 is 23.2 Å². The molecule has 0 spiro atoms. The number of nitrogens with zero attached hydrogens (tertiary/aromatic N) is 4. The van der Waals surface area contributed by atoms with Crippen molar-refractivity contribution in [1.29, 1.82) is 0 Å². The molecule has 11 heteroatoms. The molecule has 4 aromatic rings. The van der Waals surface area contributed by atoms with Gasteiger partial charge in [-0.1, -0.05) is 120 Å². The molecule has 2 atom stereocenters. The van der Waals surface area contributed by atoms with Gasteiger partial charge in [-0.3, -0.25) is 9.59 Å². The van der Waals surface area contributed by atoms with Crippen molar-refractivity contribution in [3.05, 3.63) is 114 Å². The van der Waals surface area contributed by atoms with Gasteiger partial charge in [0.15, 0.2) is 27.6 Å². The summed E-state index contributed by atoms with van der Waals surface area (Å²) < 4.78 is 27.2. The van der Waals surface area contributed by atoms with Crippen LogP contribution in [0.25, 0.3) is 0 Å². The first-order valence-electron chi connectivity index (χ1n) is 15.0. The van der Waals surface area contributed by atoms with E-state index in [-0.39, 0.29) is 38.3 Å². The first kappa shape index (κ1) is 36.8. The van der Waals surface area contributed by atoms with E-state index in [1.807, 2.05) is 31.2 Å². The normalized spacial score (nSPS) is 13.0. The fourth-order valence-corrected chi connectivity index (χ4v) is 4.86. The number of aromatic nitrogens is 4. The summed E-state index contributed by atoms with van der Waals surface area (Å²) in [6, 6.07) is 15.9. The molecule has 2 unspecified atom stereocenters. The zero-order valence-corrected chi connectivity index (χ0v) is 29.4. The molecule has 2 heterocycles. The average molecular weight is 673 g/mol. The Kier molecular flexibility index (Phi) is 12.2. The molecule has 2 aromatic heterocycles. The SMILES string of the molecule is CCC(Oc1cnn(C)c(=O)c1Cl)c1ccc(C(C)(C)C)cc1.Cn1ncc(OC(C[18F])c2ccc(C(C)(C)C)cc2)c(Cl)c1=O. The molecule has 8 nitrogen and oxygen atoms in total. The third kappa shape index (κ3) is 9.19. The Hall–Kier alpha value is -3.69. The van der Waals surface area contributed by atoms with Gasteiger partial charge in [0.05, 0.1) is 12.4 Å². The van der Waals surface area contributed by atoms with Crippen LogP contribution in [-0.2, 0) is 24.9 Å². The van der Waals surface area contributed by atoms with Gasteiger partial charge in [0, 0.05) is 14.1 Å². The number of halogens is 3. The van der Waals surface area contributed by atoms with Crippen LogP contribution in [0.1, 0.15) is 89.3 Å². The number of hydrogen-bond acceptors (Lipinski definition) is 6. The summed E-state index contributed by atoms with van der Waals surface area (Å²) in [6.45, 7) is 14.2. The number of ether oxygens (including phenoxy) is 2. The predicted molar refractivity (Wildman–Crippen MR) is 182 cm³/mol. The maximum atomic E-state index is 13.4. The topological polar surface area (TPSA) is 88.2 Å². The first-order valence-corrected chi connectivity index (χ1v) is 15.8. The van der Waals surface area contributed by atoms with Crippen LogP contribution in [0, 0.1) is 0 Å². The van der Waals surface area contributed by atoms with Crippen molar-refractivity contribution in [3.8, 4) is 11.5 Å². The smallest absolute Gasteiger partial charge is 0.289 e. The van der Waals surface area contributed by atoms with Gasteiger partial charge in [0.25, 0.3) is 11.1 Å². The van der Waals surface area contributed by atoms with Gasteiger partial charge in [-0.2, -0.15) is 10.2 Å². The Balaban J connectivity index is 0.000000250. The third-order valence-corrected chi connectivity index (χ3v) is 8.13. The Morgan fingerprint density at radius 2 is 1.04 bits per heavy atom. The largest absolute Gasteiger partial charge is 0.482 e. The number of hydrogen-bond donors (Lipinski definition) is 0. The summed E-state index contributed by atoms with van der Waals surface area (Å²) >= 11 is 12.0. The van der Waals surface area contributed by atoms with E-state index in [1.165, 1.54) is 29.7 Å². The van der Waals surface area contributed by atoms with Crippen molar-refractivity contribution < 1.29 is 13.9 Å². The summed E-state index contributed by atoms with van der Waals surface area (Å²) in [7, 11) is 3.04. The van der Waals surface area contributed by atoms with Crippen molar-refractivity contribution in [2.24, 2.45) is 14.1 Å². The molecule has 46 heavy (non-hydrogen) atoms. The second kappa shape index (κ2) is 15.3. The average Bonchev–Trinajstić information content (AvgIpc) is 3.02. The van der Waals surface area contributed by atoms with Gasteiger partial charge >= 0.3 is 0 Å².